The fourth-order valence-electron chi connectivity index (χ4n) is 2.75. The van der Waals surface area contributed by atoms with Crippen molar-refractivity contribution in [2.75, 3.05) is 26.9 Å². The molecule has 2 aliphatic heterocycles. The molecule has 1 aromatic rings. The fraction of sp³-hybridized carbons (Fsp3) is 0.500. The minimum atomic E-state index is 0. The van der Waals surface area contributed by atoms with Gasteiger partial charge in [-0.2, -0.15) is 0 Å². The number of carbonyl (C=O) groups excluding carboxylic acids is 1. The van der Waals surface area contributed by atoms with E-state index in [-0.39, 0.29) is 25.1 Å². The van der Waals surface area contributed by atoms with Crippen molar-refractivity contribution in [1.29, 1.82) is 0 Å². The lowest BCUT2D eigenvalue weighted by Crippen LogP contribution is -2.40. The van der Waals surface area contributed by atoms with E-state index >= 15 is 0 Å². The number of fused-ring (bicyclic) bond motifs is 1. The zero-order chi connectivity index (χ0) is 13.2. The Morgan fingerprint density at radius 2 is 2.20 bits per heavy atom. The summed E-state index contributed by atoms with van der Waals surface area (Å²) in [6.45, 7) is 1.91. The van der Waals surface area contributed by atoms with Gasteiger partial charge < -0.3 is 19.7 Å². The standard InChI is InChI=1S/C14H18N2O3.ClH/c1-15-8-11-3-2-6-16(11)14(17)10-4-5-12-13(7-10)19-9-18-12;/h4-5,7,11,15H,2-3,6,8-9H2,1H3;1H. The fourth-order valence-corrected chi connectivity index (χ4v) is 2.75. The summed E-state index contributed by atoms with van der Waals surface area (Å²) >= 11 is 0. The van der Waals surface area contributed by atoms with Gasteiger partial charge in [-0.1, -0.05) is 0 Å². The third kappa shape index (κ3) is 2.69. The Morgan fingerprint density at radius 1 is 1.40 bits per heavy atom. The first-order valence-corrected chi connectivity index (χ1v) is 6.65. The predicted octanol–water partition coefficient (Wildman–Crippen LogP) is 1.66. The van der Waals surface area contributed by atoms with Gasteiger partial charge in [-0.05, 0) is 38.1 Å². The van der Waals surface area contributed by atoms with Gasteiger partial charge in [-0.25, -0.2) is 0 Å². The van der Waals surface area contributed by atoms with Gasteiger partial charge in [0.15, 0.2) is 11.5 Å². The van der Waals surface area contributed by atoms with E-state index < -0.39 is 0 Å². The minimum Gasteiger partial charge on any atom is -0.454 e. The molecule has 110 valence electrons. The van der Waals surface area contributed by atoms with Crippen LogP contribution in [0, 0.1) is 0 Å². The Kier molecular flexibility index (Phi) is 4.73. The smallest absolute Gasteiger partial charge is 0.254 e. The summed E-state index contributed by atoms with van der Waals surface area (Å²) < 4.78 is 10.6. The largest absolute Gasteiger partial charge is 0.454 e. The Morgan fingerprint density at radius 3 is 3.00 bits per heavy atom. The van der Waals surface area contributed by atoms with Gasteiger partial charge in [0.05, 0.1) is 0 Å². The number of benzene rings is 1. The van der Waals surface area contributed by atoms with Crippen LogP contribution in [0.2, 0.25) is 0 Å². The third-order valence-electron chi connectivity index (χ3n) is 3.70. The maximum Gasteiger partial charge on any atom is 0.254 e. The number of halogens is 1. The van der Waals surface area contributed by atoms with Crippen molar-refractivity contribution in [3.05, 3.63) is 23.8 Å². The van der Waals surface area contributed by atoms with Crippen molar-refractivity contribution >= 4 is 18.3 Å². The van der Waals surface area contributed by atoms with Crippen molar-refractivity contribution in [3.8, 4) is 11.5 Å². The topological polar surface area (TPSA) is 50.8 Å². The lowest BCUT2D eigenvalue weighted by atomic mass is 10.1. The van der Waals surface area contributed by atoms with E-state index in [2.05, 4.69) is 5.32 Å². The summed E-state index contributed by atoms with van der Waals surface area (Å²) in [4.78, 5) is 14.5. The zero-order valence-corrected chi connectivity index (χ0v) is 12.2. The van der Waals surface area contributed by atoms with Crippen LogP contribution < -0.4 is 14.8 Å². The highest BCUT2D eigenvalue weighted by atomic mass is 35.5. The number of nitrogens with zero attached hydrogens (tertiary/aromatic N) is 1. The lowest BCUT2D eigenvalue weighted by molar-refractivity contribution is 0.0736. The summed E-state index contributed by atoms with van der Waals surface area (Å²) in [5.74, 6) is 1.45. The van der Waals surface area contributed by atoms with Gasteiger partial charge in [-0.15, -0.1) is 12.4 Å². The number of likely N-dealkylation sites (N-methyl/N-ethyl adjacent to an activating group) is 1. The predicted molar refractivity (Wildman–Crippen MR) is 77.8 cm³/mol. The van der Waals surface area contributed by atoms with Crippen molar-refractivity contribution < 1.29 is 14.3 Å². The second kappa shape index (κ2) is 6.33. The van der Waals surface area contributed by atoms with E-state index in [0.29, 0.717) is 23.1 Å². The maximum absolute atomic E-state index is 12.5. The summed E-state index contributed by atoms with van der Waals surface area (Å²) in [5, 5.41) is 3.15. The van der Waals surface area contributed by atoms with E-state index in [1.807, 2.05) is 18.0 Å². The molecular weight excluding hydrogens is 280 g/mol. The van der Waals surface area contributed by atoms with Crippen LogP contribution in [0.5, 0.6) is 11.5 Å². The van der Waals surface area contributed by atoms with Gasteiger partial charge in [0.25, 0.3) is 5.91 Å². The number of rotatable bonds is 3. The molecule has 0 saturated carbocycles. The second-order valence-corrected chi connectivity index (χ2v) is 4.92. The van der Waals surface area contributed by atoms with Crippen LogP contribution >= 0.6 is 12.4 Å². The van der Waals surface area contributed by atoms with Crippen molar-refractivity contribution in [2.24, 2.45) is 0 Å². The molecule has 3 rings (SSSR count). The van der Waals surface area contributed by atoms with E-state index in [1.165, 1.54) is 0 Å². The molecule has 0 aromatic heterocycles. The molecule has 1 unspecified atom stereocenters. The molecule has 0 spiro atoms. The molecule has 1 atom stereocenters. The molecular formula is C14H19ClN2O3. The van der Waals surface area contributed by atoms with Gasteiger partial charge in [0.2, 0.25) is 6.79 Å². The van der Waals surface area contributed by atoms with Crippen LogP contribution in [-0.2, 0) is 0 Å². The third-order valence-corrected chi connectivity index (χ3v) is 3.70. The Bertz CT molecular complexity index is 495. The van der Waals surface area contributed by atoms with Crippen LogP contribution in [0.3, 0.4) is 0 Å². The molecule has 1 saturated heterocycles. The van der Waals surface area contributed by atoms with Crippen molar-refractivity contribution in [2.45, 2.75) is 18.9 Å². The van der Waals surface area contributed by atoms with Crippen LogP contribution in [-0.4, -0.2) is 43.8 Å². The number of hydrogen-bond donors (Lipinski definition) is 1. The average Bonchev–Trinajstić information content (AvgIpc) is 3.05. The van der Waals surface area contributed by atoms with Gasteiger partial charge >= 0.3 is 0 Å². The van der Waals surface area contributed by atoms with Crippen LogP contribution in [0.15, 0.2) is 18.2 Å². The Labute approximate surface area is 124 Å². The van der Waals surface area contributed by atoms with Gasteiger partial charge in [-0.3, -0.25) is 4.79 Å². The number of carbonyl (C=O) groups is 1. The first-order chi connectivity index (χ1) is 9.29. The average molecular weight is 299 g/mol. The van der Waals surface area contributed by atoms with Gasteiger partial charge in [0.1, 0.15) is 0 Å². The second-order valence-electron chi connectivity index (χ2n) is 4.92. The highest BCUT2D eigenvalue weighted by Crippen LogP contribution is 2.33. The molecule has 1 aromatic carbocycles. The molecule has 1 fully saturated rings. The van der Waals surface area contributed by atoms with E-state index in [9.17, 15) is 4.79 Å². The first kappa shape index (κ1) is 14.9. The molecule has 0 aliphatic carbocycles. The summed E-state index contributed by atoms with van der Waals surface area (Å²) in [6.07, 6.45) is 2.14. The highest BCUT2D eigenvalue weighted by Gasteiger charge is 2.29. The SMILES string of the molecule is CNCC1CCCN1C(=O)c1ccc2c(c1)OCO2.Cl. The monoisotopic (exact) mass is 298 g/mol. The van der Waals surface area contributed by atoms with Gasteiger partial charge in [0, 0.05) is 24.7 Å². The Balaban J connectivity index is 0.00000147. The molecule has 1 amide bonds. The molecule has 2 aliphatic rings. The highest BCUT2D eigenvalue weighted by molar-refractivity contribution is 5.95. The number of amides is 1. The van der Waals surface area contributed by atoms with Crippen LogP contribution in [0.4, 0.5) is 0 Å². The molecule has 6 heteroatoms. The van der Waals surface area contributed by atoms with Crippen molar-refractivity contribution in [1.82, 2.24) is 10.2 Å². The van der Waals surface area contributed by atoms with E-state index in [4.69, 9.17) is 9.47 Å². The number of ether oxygens (including phenoxy) is 2. The van der Waals surface area contributed by atoms with E-state index in [0.717, 1.165) is 25.9 Å². The summed E-state index contributed by atoms with van der Waals surface area (Å²) in [6, 6.07) is 5.69. The minimum absolute atomic E-state index is 0. The first-order valence-electron chi connectivity index (χ1n) is 6.65. The molecule has 2 heterocycles. The van der Waals surface area contributed by atoms with E-state index in [1.54, 1.807) is 12.1 Å². The molecule has 1 N–H and O–H groups in total. The number of likely N-dealkylation sites (tertiary alicyclic amines) is 1. The zero-order valence-electron chi connectivity index (χ0n) is 11.4. The number of hydrogen-bond acceptors (Lipinski definition) is 4. The lowest BCUT2D eigenvalue weighted by Gasteiger charge is -2.24. The van der Waals surface area contributed by atoms with Crippen LogP contribution in [0.1, 0.15) is 23.2 Å². The molecule has 0 radical (unpaired) electrons. The molecule has 5 nitrogen and oxygen atoms in total. The molecule has 0 bridgehead atoms. The number of nitrogens with one attached hydrogen (secondary N) is 1. The van der Waals surface area contributed by atoms with Crippen molar-refractivity contribution in [3.63, 3.8) is 0 Å². The quantitative estimate of drug-likeness (QED) is 0.922. The normalized spacial score (nSPS) is 19.9. The summed E-state index contributed by atoms with van der Waals surface area (Å²) in [7, 11) is 1.92. The summed E-state index contributed by atoms with van der Waals surface area (Å²) in [5.41, 5.74) is 0.673. The van der Waals surface area contributed by atoms with Crippen LogP contribution in [0.25, 0.3) is 0 Å². The maximum atomic E-state index is 12.5. The Hall–Kier alpha value is -1.46. The molecule has 20 heavy (non-hydrogen) atoms.